The molecule has 1 aliphatic rings. The Morgan fingerprint density at radius 3 is 0.800 bits per heavy atom. The van der Waals surface area contributed by atoms with Gasteiger partial charge in [0.1, 0.15) is 0 Å². The van der Waals surface area contributed by atoms with Crippen LogP contribution in [0, 0.1) is 0 Å². The molecule has 0 atom stereocenters. The van der Waals surface area contributed by atoms with Gasteiger partial charge < -0.3 is 47.4 Å². The minimum absolute atomic E-state index is 0.243. The van der Waals surface area contributed by atoms with E-state index >= 15 is 0 Å². The first-order valence-corrected chi connectivity index (χ1v) is 21.6. The number of ether oxygens (including phenoxy) is 10. The van der Waals surface area contributed by atoms with E-state index in [1.807, 2.05) is 0 Å². The Hall–Kier alpha value is -1.52. The van der Waals surface area contributed by atoms with E-state index in [-0.39, 0.29) is 25.0 Å². The number of unbranched alkanes of at least 4 members (excludes halogenated alkanes) is 15. The lowest BCUT2D eigenvalue weighted by molar-refractivity contribution is -0.137. The third-order valence-corrected chi connectivity index (χ3v) is 8.85. The van der Waals surface area contributed by atoms with Gasteiger partial charge in [-0.15, -0.1) is 0 Å². The Kier molecular flexibility index (Phi) is 40.8. The zero-order chi connectivity index (χ0) is 39.4. The van der Waals surface area contributed by atoms with Crippen LogP contribution in [0.3, 0.4) is 0 Å². The zero-order valence-electron chi connectivity index (χ0n) is 34.7. The molecule has 324 valence electrons. The summed E-state index contributed by atoms with van der Waals surface area (Å²) in [6.07, 6.45) is 24.6. The number of imide groups is 1. The van der Waals surface area contributed by atoms with Crippen LogP contribution in [0.15, 0.2) is 12.2 Å². The lowest BCUT2D eigenvalue weighted by atomic mass is 10.0. The molecule has 0 radical (unpaired) electrons. The van der Waals surface area contributed by atoms with Crippen molar-refractivity contribution in [2.75, 3.05) is 139 Å². The average molecular weight is 790 g/mol. The second-order valence-corrected chi connectivity index (χ2v) is 13.6. The van der Waals surface area contributed by atoms with E-state index < -0.39 is 0 Å². The predicted octanol–water partition coefficient (Wildman–Crippen LogP) is 6.34. The molecule has 0 N–H and O–H groups in total. The number of hydrogen-bond acceptors (Lipinski definition) is 12. The van der Waals surface area contributed by atoms with Crippen molar-refractivity contribution in [3.05, 3.63) is 12.2 Å². The quantitative estimate of drug-likeness (QED) is 0.0504. The highest BCUT2D eigenvalue weighted by atomic mass is 16.6. The second-order valence-electron chi connectivity index (χ2n) is 13.6. The van der Waals surface area contributed by atoms with Crippen LogP contribution in [0.1, 0.15) is 110 Å². The van der Waals surface area contributed by atoms with Gasteiger partial charge in [0.2, 0.25) is 0 Å². The molecule has 0 unspecified atom stereocenters. The molecule has 1 rings (SSSR count). The summed E-state index contributed by atoms with van der Waals surface area (Å²) in [5.74, 6) is -0.605. The molecule has 0 fully saturated rings. The van der Waals surface area contributed by atoms with Crippen LogP contribution in [0.25, 0.3) is 0 Å². The Balaban J connectivity index is 1.60. The van der Waals surface area contributed by atoms with Gasteiger partial charge in [-0.25, -0.2) is 0 Å². The molecule has 0 saturated heterocycles. The van der Waals surface area contributed by atoms with Crippen LogP contribution in [-0.2, 0) is 57.0 Å². The third kappa shape index (κ3) is 37.8. The lowest BCUT2D eigenvalue weighted by Gasteiger charge is -2.13. The molecule has 0 aliphatic carbocycles. The highest BCUT2D eigenvalue weighted by Gasteiger charge is 2.22. The monoisotopic (exact) mass is 790 g/mol. The molecule has 0 aromatic carbocycles. The normalized spacial score (nSPS) is 12.9. The van der Waals surface area contributed by atoms with Gasteiger partial charge in [-0.2, -0.15) is 0 Å². The smallest absolute Gasteiger partial charge is 0.253 e. The number of rotatable bonds is 47. The minimum Gasteiger partial charge on any atom is -0.379 e. The first-order valence-electron chi connectivity index (χ1n) is 21.6. The average Bonchev–Trinajstić information content (AvgIpc) is 3.51. The maximum absolute atomic E-state index is 11.4. The summed E-state index contributed by atoms with van der Waals surface area (Å²) in [6, 6.07) is 0. The van der Waals surface area contributed by atoms with Crippen LogP contribution in [0.2, 0.25) is 0 Å². The van der Waals surface area contributed by atoms with Crippen molar-refractivity contribution in [1.29, 1.82) is 0 Å². The molecular weight excluding hydrogens is 710 g/mol. The van der Waals surface area contributed by atoms with Gasteiger partial charge in [-0.3, -0.25) is 14.5 Å². The van der Waals surface area contributed by atoms with E-state index in [0.717, 1.165) is 17.9 Å². The largest absolute Gasteiger partial charge is 0.379 e. The minimum atomic E-state index is -0.302. The van der Waals surface area contributed by atoms with Crippen molar-refractivity contribution < 1.29 is 57.0 Å². The van der Waals surface area contributed by atoms with Crippen molar-refractivity contribution in [3.63, 3.8) is 0 Å². The second kappa shape index (κ2) is 43.6. The van der Waals surface area contributed by atoms with Crippen molar-refractivity contribution in [2.45, 2.75) is 110 Å². The van der Waals surface area contributed by atoms with Crippen molar-refractivity contribution in [2.24, 2.45) is 0 Å². The van der Waals surface area contributed by atoms with Gasteiger partial charge in [-0.1, -0.05) is 103 Å². The zero-order valence-corrected chi connectivity index (χ0v) is 34.7. The SMILES string of the molecule is CCCCCCCCCCCCCCCCCCOCCOCCOCCOCCOCCOCCOCCOCCOCCOCCN1C(=O)C=CC1=O. The van der Waals surface area contributed by atoms with Gasteiger partial charge in [-0.05, 0) is 6.42 Å². The van der Waals surface area contributed by atoms with E-state index in [2.05, 4.69) is 6.92 Å². The van der Waals surface area contributed by atoms with Crippen LogP contribution in [-0.4, -0.2) is 155 Å². The van der Waals surface area contributed by atoms with Crippen molar-refractivity contribution in [3.8, 4) is 0 Å². The molecule has 2 amide bonds. The number of carbonyl (C=O) groups excluding carboxylic acids is 2. The first kappa shape index (κ1) is 51.5. The van der Waals surface area contributed by atoms with Gasteiger partial charge in [0.25, 0.3) is 11.8 Å². The Bertz CT molecular complexity index is 831. The van der Waals surface area contributed by atoms with Crippen LogP contribution >= 0.6 is 0 Å². The summed E-state index contributed by atoms with van der Waals surface area (Å²) in [4.78, 5) is 24.0. The Labute approximate surface area is 333 Å². The molecule has 0 spiro atoms. The third-order valence-electron chi connectivity index (χ3n) is 8.85. The Morgan fingerprint density at radius 2 is 0.527 bits per heavy atom. The summed E-state index contributed by atoms with van der Waals surface area (Å²) in [6.45, 7) is 12.7. The molecule has 0 aromatic rings. The molecule has 13 nitrogen and oxygen atoms in total. The highest BCUT2D eigenvalue weighted by Crippen LogP contribution is 2.13. The Morgan fingerprint density at radius 1 is 0.309 bits per heavy atom. The number of amides is 2. The first-order chi connectivity index (χ1) is 27.3. The molecular formula is C42H79NO12. The van der Waals surface area contributed by atoms with Crippen molar-refractivity contribution >= 4 is 11.8 Å². The maximum atomic E-state index is 11.4. The standard InChI is InChI=1S/C42H79NO12/c1-2-3-4-5-6-7-8-9-10-11-12-13-14-15-16-17-21-46-23-25-48-27-29-50-31-33-52-35-37-54-39-40-55-38-36-53-34-32-51-30-28-49-26-24-47-22-20-43-41(44)18-19-42(43)45/h18-19H,2-17,20-40H2,1H3. The molecule has 0 saturated carbocycles. The predicted molar refractivity (Wildman–Crippen MR) is 214 cm³/mol. The fourth-order valence-electron chi connectivity index (χ4n) is 5.64. The van der Waals surface area contributed by atoms with Gasteiger partial charge >= 0.3 is 0 Å². The topological polar surface area (TPSA) is 130 Å². The fourth-order valence-corrected chi connectivity index (χ4v) is 5.64. The van der Waals surface area contributed by atoms with Gasteiger partial charge in [0, 0.05) is 18.8 Å². The van der Waals surface area contributed by atoms with E-state index in [1.165, 1.54) is 108 Å². The van der Waals surface area contributed by atoms with Gasteiger partial charge in [0.15, 0.2) is 0 Å². The van der Waals surface area contributed by atoms with Crippen LogP contribution < -0.4 is 0 Å². The van der Waals surface area contributed by atoms with E-state index in [9.17, 15) is 9.59 Å². The van der Waals surface area contributed by atoms with E-state index in [0.29, 0.717) is 119 Å². The summed E-state index contributed by atoms with van der Waals surface area (Å²) >= 11 is 0. The molecule has 1 heterocycles. The molecule has 1 aliphatic heterocycles. The maximum Gasteiger partial charge on any atom is 0.253 e. The summed E-state index contributed by atoms with van der Waals surface area (Å²) in [5, 5.41) is 0. The molecule has 0 aromatic heterocycles. The van der Waals surface area contributed by atoms with Crippen LogP contribution in [0.4, 0.5) is 0 Å². The molecule has 0 bridgehead atoms. The number of hydrogen-bond donors (Lipinski definition) is 0. The fraction of sp³-hybridized carbons (Fsp3) is 0.905. The summed E-state index contributed by atoms with van der Waals surface area (Å²) in [7, 11) is 0. The van der Waals surface area contributed by atoms with Crippen molar-refractivity contribution in [1.82, 2.24) is 4.90 Å². The molecule has 55 heavy (non-hydrogen) atoms. The van der Waals surface area contributed by atoms with Gasteiger partial charge in [0.05, 0.1) is 132 Å². The van der Waals surface area contributed by atoms with E-state index in [1.54, 1.807) is 0 Å². The summed E-state index contributed by atoms with van der Waals surface area (Å²) < 4.78 is 55.1. The highest BCUT2D eigenvalue weighted by molar-refractivity contribution is 6.12. The van der Waals surface area contributed by atoms with E-state index in [4.69, 9.17) is 47.4 Å². The molecule has 13 heteroatoms. The lowest BCUT2D eigenvalue weighted by Crippen LogP contribution is -2.33. The summed E-state index contributed by atoms with van der Waals surface area (Å²) in [5.41, 5.74) is 0. The number of nitrogens with zero attached hydrogens (tertiary/aromatic N) is 1. The van der Waals surface area contributed by atoms with Crippen LogP contribution in [0.5, 0.6) is 0 Å². The number of carbonyl (C=O) groups is 2.